The first-order valence-corrected chi connectivity index (χ1v) is 8.14. The molecule has 0 spiro atoms. The number of halogens is 1. The molecule has 1 amide bonds. The van der Waals surface area contributed by atoms with Crippen molar-refractivity contribution in [1.82, 2.24) is 5.32 Å². The molecule has 24 heavy (non-hydrogen) atoms. The summed E-state index contributed by atoms with van der Waals surface area (Å²) < 4.78 is 11.4. The summed E-state index contributed by atoms with van der Waals surface area (Å²) in [6.07, 6.45) is 0.984. The van der Waals surface area contributed by atoms with E-state index in [9.17, 15) is 4.79 Å². The molecule has 0 radical (unpaired) electrons. The first kappa shape index (κ1) is 20.7. The van der Waals surface area contributed by atoms with Gasteiger partial charge in [-0.3, -0.25) is 4.79 Å². The van der Waals surface area contributed by atoms with Gasteiger partial charge in [0.05, 0.1) is 19.3 Å². The molecule has 1 aromatic rings. The van der Waals surface area contributed by atoms with Crippen LogP contribution in [0.1, 0.15) is 38.3 Å². The zero-order valence-corrected chi connectivity index (χ0v) is 15.7. The van der Waals surface area contributed by atoms with E-state index in [1.54, 1.807) is 0 Å². The van der Waals surface area contributed by atoms with Crippen LogP contribution < -0.4 is 15.8 Å². The second-order valence-corrected chi connectivity index (χ2v) is 7.28. The van der Waals surface area contributed by atoms with E-state index in [0.29, 0.717) is 13.2 Å². The van der Waals surface area contributed by atoms with Crippen molar-refractivity contribution in [3.05, 3.63) is 29.3 Å². The van der Waals surface area contributed by atoms with Crippen molar-refractivity contribution in [2.45, 2.75) is 52.8 Å². The lowest BCUT2D eigenvalue weighted by Crippen LogP contribution is -2.48. The molecule has 1 aliphatic heterocycles. The third-order valence-corrected chi connectivity index (χ3v) is 4.07. The molecule has 2 rings (SSSR count). The fraction of sp³-hybridized carbons (Fsp3) is 0.611. The molecule has 1 saturated heterocycles. The Morgan fingerprint density at radius 2 is 2.17 bits per heavy atom. The number of nitrogens with two attached hydrogens (primary N) is 1. The van der Waals surface area contributed by atoms with Crippen LogP contribution in [0.2, 0.25) is 0 Å². The van der Waals surface area contributed by atoms with Crippen LogP contribution >= 0.6 is 12.4 Å². The second kappa shape index (κ2) is 8.70. The number of rotatable bonds is 5. The molecule has 0 saturated carbocycles. The van der Waals surface area contributed by atoms with Gasteiger partial charge < -0.3 is 20.5 Å². The quantitative estimate of drug-likeness (QED) is 0.850. The lowest BCUT2D eigenvalue weighted by Gasteiger charge is -2.26. The van der Waals surface area contributed by atoms with Crippen molar-refractivity contribution >= 4 is 18.3 Å². The normalized spacial score (nSPS) is 18.6. The van der Waals surface area contributed by atoms with Gasteiger partial charge in [-0.15, -0.1) is 12.4 Å². The fourth-order valence-electron chi connectivity index (χ4n) is 2.39. The molecule has 5 nitrogen and oxygen atoms in total. The second-order valence-electron chi connectivity index (χ2n) is 7.28. The highest BCUT2D eigenvalue weighted by Gasteiger charge is 2.27. The number of hydrogen-bond acceptors (Lipinski definition) is 4. The number of ether oxygens (including phenoxy) is 2. The maximum Gasteiger partial charge on any atom is 0.237 e. The summed E-state index contributed by atoms with van der Waals surface area (Å²) in [7, 11) is 0. The van der Waals surface area contributed by atoms with E-state index >= 15 is 0 Å². The molecule has 1 aromatic carbocycles. The van der Waals surface area contributed by atoms with Crippen molar-refractivity contribution < 1.29 is 14.3 Å². The highest BCUT2D eigenvalue weighted by molar-refractivity contribution is 5.85. The minimum Gasteiger partial charge on any atom is -0.488 e. The van der Waals surface area contributed by atoms with Gasteiger partial charge in [-0.25, -0.2) is 0 Å². The zero-order chi connectivity index (χ0) is 17.0. The van der Waals surface area contributed by atoms with E-state index in [-0.39, 0.29) is 29.8 Å². The van der Waals surface area contributed by atoms with E-state index in [0.717, 1.165) is 29.9 Å². The van der Waals surface area contributed by atoms with Crippen LogP contribution in [0.3, 0.4) is 0 Å². The average molecular weight is 357 g/mol. The average Bonchev–Trinajstić information content (AvgIpc) is 2.97. The number of hydrogen-bond donors (Lipinski definition) is 2. The van der Waals surface area contributed by atoms with Crippen molar-refractivity contribution in [2.75, 3.05) is 13.2 Å². The Hall–Kier alpha value is -1.30. The lowest BCUT2D eigenvalue weighted by atomic mass is 9.87. The van der Waals surface area contributed by atoms with Gasteiger partial charge in [0.2, 0.25) is 5.91 Å². The summed E-state index contributed by atoms with van der Waals surface area (Å²) in [6.45, 7) is 9.66. The number of aryl methyl sites for hydroxylation is 1. The van der Waals surface area contributed by atoms with Crippen LogP contribution in [-0.2, 0) is 16.1 Å². The summed E-state index contributed by atoms with van der Waals surface area (Å²) in [5.74, 6) is 0.665. The lowest BCUT2D eigenvalue weighted by molar-refractivity contribution is -0.124. The molecule has 6 heteroatoms. The Morgan fingerprint density at radius 3 is 2.75 bits per heavy atom. The molecule has 1 aliphatic rings. The molecule has 1 unspecified atom stereocenters. The van der Waals surface area contributed by atoms with Gasteiger partial charge in [0.25, 0.3) is 0 Å². The minimum absolute atomic E-state index is 0. The Labute approximate surface area is 150 Å². The molecule has 2 atom stereocenters. The highest BCUT2D eigenvalue weighted by Crippen LogP contribution is 2.24. The summed E-state index contributed by atoms with van der Waals surface area (Å²) >= 11 is 0. The van der Waals surface area contributed by atoms with Crippen molar-refractivity contribution in [3.63, 3.8) is 0 Å². The van der Waals surface area contributed by atoms with Crippen LogP contribution in [-0.4, -0.2) is 31.3 Å². The van der Waals surface area contributed by atoms with Gasteiger partial charge in [-0.05, 0) is 24.0 Å². The summed E-state index contributed by atoms with van der Waals surface area (Å²) in [4.78, 5) is 12.2. The highest BCUT2D eigenvalue weighted by atomic mass is 35.5. The van der Waals surface area contributed by atoms with E-state index in [2.05, 4.69) is 5.32 Å². The molecule has 3 N–H and O–H groups in total. The number of amides is 1. The smallest absolute Gasteiger partial charge is 0.237 e. The van der Waals surface area contributed by atoms with Gasteiger partial charge in [0.15, 0.2) is 0 Å². The van der Waals surface area contributed by atoms with Crippen LogP contribution in [0, 0.1) is 12.3 Å². The van der Waals surface area contributed by atoms with Gasteiger partial charge in [0.1, 0.15) is 11.9 Å². The van der Waals surface area contributed by atoms with E-state index in [4.69, 9.17) is 15.2 Å². The number of carbonyl (C=O) groups excluding carboxylic acids is 1. The number of carbonyl (C=O) groups is 1. The molecule has 0 aromatic heterocycles. The monoisotopic (exact) mass is 356 g/mol. The first-order valence-electron chi connectivity index (χ1n) is 8.14. The van der Waals surface area contributed by atoms with E-state index < -0.39 is 6.04 Å². The van der Waals surface area contributed by atoms with Gasteiger partial charge >= 0.3 is 0 Å². The molecular weight excluding hydrogens is 328 g/mol. The Bertz CT molecular complexity index is 552. The predicted octanol–water partition coefficient (Wildman–Crippen LogP) is 2.57. The third kappa shape index (κ3) is 5.65. The standard InChI is InChI=1S/C18H28N2O3.ClH/c1-12-5-6-13(10-20-17(21)16(19)18(2,3)4)15(9-12)23-14-7-8-22-11-14;/h5-6,9,14,16H,7-8,10-11,19H2,1-4H3,(H,20,21);1H/t14?,16-;/m1./s1. The van der Waals surface area contributed by atoms with E-state index in [1.807, 2.05) is 45.9 Å². The van der Waals surface area contributed by atoms with Crippen molar-refractivity contribution in [2.24, 2.45) is 11.1 Å². The van der Waals surface area contributed by atoms with Crippen LogP contribution in [0.5, 0.6) is 5.75 Å². The van der Waals surface area contributed by atoms with Gasteiger partial charge in [0, 0.05) is 18.5 Å². The summed E-state index contributed by atoms with van der Waals surface area (Å²) in [6, 6.07) is 5.47. The largest absolute Gasteiger partial charge is 0.488 e. The Balaban J connectivity index is 0.00000288. The predicted molar refractivity (Wildman–Crippen MR) is 97.6 cm³/mol. The molecule has 0 aliphatic carbocycles. The van der Waals surface area contributed by atoms with Crippen molar-refractivity contribution in [3.8, 4) is 5.75 Å². The molecule has 0 bridgehead atoms. The zero-order valence-electron chi connectivity index (χ0n) is 14.9. The maximum atomic E-state index is 12.2. The number of benzene rings is 1. The molecule has 1 heterocycles. The first-order chi connectivity index (χ1) is 10.8. The molecule has 1 fully saturated rings. The van der Waals surface area contributed by atoms with E-state index in [1.165, 1.54) is 0 Å². The maximum absolute atomic E-state index is 12.2. The van der Waals surface area contributed by atoms with Crippen LogP contribution in [0.15, 0.2) is 18.2 Å². The third-order valence-electron chi connectivity index (χ3n) is 4.07. The summed E-state index contributed by atoms with van der Waals surface area (Å²) in [5.41, 5.74) is 7.81. The fourth-order valence-corrected chi connectivity index (χ4v) is 2.39. The topological polar surface area (TPSA) is 73.6 Å². The Kier molecular flexibility index (Phi) is 7.52. The number of nitrogens with one attached hydrogen (secondary N) is 1. The van der Waals surface area contributed by atoms with Crippen LogP contribution in [0.25, 0.3) is 0 Å². The van der Waals surface area contributed by atoms with Gasteiger partial charge in [-0.1, -0.05) is 32.9 Å². The Morgan fingerprint density at radius 1 is 1.46 bits per heavy atom. The van der Waals surface area contributed by atoms with Crippen LogP contribution in [0.4, 0.5) is 0 Å². The molecular formula is C18H29ClN2O3. The van der Waals surface area contributed by atoms with Gasteiger partial charge in [-0.2, -0.15) is 0 Å². The minimum atomic E-state index is -0.541. The summed E-state index contributed by atoms with van der Waals surface area (Å²) in [5, 5.41) is 2.91. The SMILES string of the molecule is Cc1ccc(CNC(=O)[C@@H](N)C(C)(C)C)c(OC2CCOC2)c1.Cl. The van der Waals surface area contributed by atoms with Crippen molar-refractivity contribution in [1.29, 1.82) is 0 Å². The molecule has 136 valence electrons.